The number of aromatic nitrogens is 1. The van der Waals surface area contributed by atoms with Gasteiger partial charge in [0.05, 0.1) is 7.11 Å². The lowest BCUT2D eigenvalue weighted by molar-refractivity contribution is -0.119. The van der Waals surface area contributed by atoms with E-state index < -0.39 is 29.7 Å². The van der Waals surface area contributed by atoms with Crippen LogP contribution < -0.4 is 21.1 Å². The second kappa shape index (κ2) is 15.4. The van der Waals surface area contributed by atoms with Crippen molar-refractivity contribution in [3.8, 4) is 5.75 Å². The Balaban J connectivity index is 1.51. The van der Waals surface area contributed by atoms with Gasteiger partial charge in [0, 0.05) is 48.4 Å². The summed E-state index contributed by atoms with van der Waals surface area (Å²) in [5, 5.41) is 5.80. The molecule has 1 fully saturated rings. The third-order valence-corrected chi connectivity index (χ3v) is 8.06. The van der Waals surface area contributed by atoms with Gasteiger partial charge in [0.15, 0.2) is 0 Å². The Morgan fingerprint density at radius 1 is 1.09 bits per heavy atom. The van der Waals surface area contributed by atoms with E-state index in [-0.39, 0.29) is 35.7 Å². The highest BCUT2D eigenvalue weighted by atomic mass is 19.1. The molecule has 1 aliphatic rings. The van der Waals surface area contributed by atoms with Crippen LogP contribution in [0.25, 0.3) is 0 Å². The third kappa shape index (κ3) is 8.63. The fraction of sp³-hybridized carbons (Fsp3) is 0.412. The lowest BCUT2D eigenvalue weighted by Gasteiger charge is -2.27. The highest BCUT2D eigenvalue weighted by Crippen LogP contribution is 2.25. The van der Waals surface area contributed by atoms with Crippen molar-refractivity contribution in [3.05, 3.63) is 89.5 Å². The van der Waals surface area contributed by atoms with E-state index in [4.69, 9.17) is 10.5 Å². The minimum atomic E-state index is -0.598. The van der Waals surface area contributed by atoms with Crippen LogP contribution in [0.3, 0.4) is 0 Å². The van der Waals surface area contributed by atoms with Gasteiger partial charge < -0.3 is 26.0 Å². The van der Waals surface area contributed by atoms with Gasteiger partial charge in [-0.1, -0.05) is 50.6 Å². The van der Waals surface area contributed by atoms with Crippen LogP contribution in [-0.2, 0) is 11.2 Å². The van der Waals surface area contributed by atoms with Crippen LogP contribution in [0.15, 0.2) is 66.7 Å². The van der Waals surface area contributed by atoms with Gasteiger partial charge >= 0.3 is 0 Å². The number of nitrogens with two attached hydrogens (primary N) is 1. The maximum atomic E-state index is 13.6. The van der Waals surface area contributed by atoms with Crippen LogP contribution in [0.4, 0.5) is 10.1 Å². The predicted molar refractivity (Wildman–Crippen MR) is 168 cm³/mol. The molecule has 10 heteroatoms. The van der Waals surface area contributed by atoms with Gasteiger partial charge in [-0.2, -0.15) is 0 Å². The molecule has 1 aromatic heterocycles. The van der Waals surface area contributed by atoms with E-state index in [1.165, 1.54) is 37.4 Å². The smallest absolute Gasteiger partial charge is 0.272 e. The summed E-state index contributed by atoms with van der Waals surface area (Å²) >= 11 is 0. The van der Waals surface area contributed by atoms with Crippen molar-refractivity contribution in [1.82, 2.24) is 15.2 Å². The molecule has 1 aliphatic heterocycles. The molecule has 0 radical (unpaired) electrons. The number of amides is 3. The number of anilines is 1. The van der Waals surface area contributed by atoms with Gasteiger partial charge in [0.1, 0.15) is 23.0 Å². The van der Waals surface area contributed by atoms with Crippen LogP contribution in [-0.4, -0.2) is 59.4 Å². The summed E-state index contributed by atoms with van der Waals surface area (Å²) in [5.74, 6) is -1.51. The number of carbonyl (C=O) groups is 3. The highest BCUT2D eigenvalue weighted by Gasteiger charge is 2.31. The molecule has 0 aliphatic carbocycles. The van der Waals surface area contributed by atoms with E-state index in [0.29, 0.717) is 24.4 Å². The average Bonchev–Trinajstić information content (AvgIpc) is 3.50. The summed E-state index contributed by atoms with van der Waals surface area (Å²) in [6, 6.07) is 17.2. The number of ether oxygens (including phenoxy) is 1. The second-order valence-electron chi connectivity index (χ2n) is 11.4. The Labute approximate surface area is 258 Å². The zero-order valence-electron chi connectivity index (χ0n) is 25.6. The summed E-state index contributed by atoms with van der Waals surface area (Å²) in [5.41, 5.74) is 8.30. The van der Waals surface area contributed by atoms with E-state index in [1.807, 2.05) is 35.2 Å². The normalized spacial score (nSPS) is 16.6. The number of nitrogens with zero attached hydrogens (tertiary/aromatic N) is 2. The Bertz CT molecular complexity index is 1420. The number of likely N-dealkylation sites (tertiary alicyclic amines) is 1. The van der Waals surface area contributed by atoms with Gasteiger partial charge in [-0.05, 0) is 61.9 Å². The molecule has 1 saturated heterocycles. The lowest BCUT2D eigenvalue weighted by atomic mass is 9.92. The quantitative estimate of drug-likeness (QED) is 0.253. The van der Waals surface area contributed by atoms with Gasteiger partial charge in [0.2, 0.25) is 5.91 Å². The van der Waals surface area contributed by atoms with Crippen molar-refractivity contribution in [2.75, 3.05) is 19.0 Å². The van der Waals surface area contributed by atoms with Crippen molar-refractivity contribution in [1.29, 1.82) is 0 Å². The number of carbonyl (C=O) groups excluding carboxylic acids is 3. The average molecular weight is 604 g/mol. The van der Waals surface area contributed by atoms with Crippen molar-refractivity contribution >= 4 is 23.4 Å². The topological polar surface area (TPSA) is 127 Å². The van der Waals surface area contributed by atoms with Crippen molar-refractivity contribution in [3.63, 3.8) is 0 Å². The standard InChI is InChI=1S/C34H42FN5O4/c1-4-9-26-12-8-17-40(26)34(43)31-21-27(44-3)20-30(38-31)33(42)39-29(19-23-10-6-5-7-11-23)28(36)18-22(2)32(41)37-25-15-13-24(35)14-16-25/h5-7,10-11,13-16,20-22,26,28-29H,4,8-9,12,17-19,36H2,1-3H3,(H,37,41)(H,39,42)/t22-,26+,28+,29+/m1/s1. The van der Waals surface area contributed by atoms with E-state index in [0.717, 1.165) is 31.2 Å². The molecule has 4 rings (SSSR count). The first-order chi connectivity index (χ1) is 21.2. The maximum Gasteiger partial charge on any atom is 0.272 e. The van der Waals surface area contributed by atoms with Crippen molar-refractivity contribution in [2.45, 2.75) is 70.5 Å². The van der Waals surface area contributed by atoms with Crippen molar-refractivity contribution < 1.29 is 23.5 Å². The Kier molecular flexibility index (Phi) is 11.4. The van der Waals surface area contributed by atoms with E-state index >= 15 is 0 Å². The Morgan fingerprint density at radius 2 is 1.80 bits per heavy atom. The molecule has 0 bridgehead atoms. The molecule has 2 heterocycles. The summed E-state index contributed by atoms with van der Waals surface area (Å²) < 4.78 is 18.7. The lowest BCUT2D eigenvalue weighted by Crippen LogP contribution is -2.50. The second-order valence-corrected chi connectivity index (χ2v) is 11.4. The monoisotopic (exact) mass is 603 g/mol. The van der Waals surface area contributed by atoms with Crippen LogP contribution in [0, 0.1) is 11.7 Å². The molecule has 234 valence electrons. The molecule has 2 aromatic carbocycles. The van der Waals surface area contributed by atoms with Gasteiger partial charge in [-0.25, -0.2) is 9.37 Å². The number of rotatable bonds is 13. The predicted octanol–water partition coefficient (Wildman–Crippen LogP) is 4.97. The van der Waals surface area contributed by atoms with Crippen LogP contribution in [0.5, 0.6) is 5.75 Å². The first-order valence-electron chi connectivity index (χ1n) is 15.2. The first kappa shape index (κ1) is 32.6. The molecule has 3 amide bonds. The summed E-state index contributed by atoms with van der Waals surface area (Å²) in [7, 11) is 1.48. The minimum Gasteiger partial charge on any atom is -0.497 e. The summed E-state index contributed by atoms with van der Waals surface area (Å²) in [4.78, 5) is 46.3. The molecular weight excluding hydrogens is 561 g/mol. The number of halogens is 1. The largest absolute Gasteiger partial charge is 0.497 e. The number of hydrogen-bond acceptors (Lipinski definition) is 6. The molecule has 3 aromatic rings. The van der Waals surface area contributed by atoms with Crippen LogP contribution in [0.2, 0.25) is 0 Å². The number of benzene rings is 2. The van der Waals surface area contributed by atoms with E-state index in [2.05, 4.69) is 22.5 Å². The molecule has 9 nitrogen and oxygen atoms in total. The maximum absolute atomic E-state index is 13.6. The zero-order valence-corrected chi connectivity index (χ0v) is 25.6. The summed E-state index contributed by atoms with van der Waals surface area (Å²) in [6.07, 6.45) is 4.48. The van der Waals surface area contributed by atoms with Gasteiger partial charge in [0.25, 0.3) is 11.8 Å². The number of pyridine rings is 1. The van der Waals surface area contributed by atoms with Crippen LogP contribution >= 0.6 is 0 Å². The molecule has 0 unspecified atom stereocenters. The molecule has 44 heavy (non-hydrogen) atoms. The highest BCUT2D eigenvalue weighted by molar-refractivity contribution is 5.97. The van der Waals surface area contributed by atoms with Gasteiger partial charge in [-0.3, -0.25) is 14.4 Å². The molecule has 0 spiro atoms. The first-order valence-corrected chi connectivity index (χ1v) is 15.2. The molecule has 4 atom stereocenters. The third-order valence-electron chi connectivity index (χ3n) is 8.06. The van der Waals surface area contributed by atoms with Gasteiger partial charge in [-0.15, -0.1) is 0 Å². The number of methoxy groups -OCH3 is 1. The Morgan fingerprint density at radius 3 is 2.48 bits per heavy atom. The van der Waals surface area contributed by atoms with Crippen LogP contribution in [0.1, 0.15) is 72.5 Å². The number of nitrogens with one attached hydrogen (secondary N) is 2. The molecule has 0 saturated carbocycles. The van der Waals surface area contributed by atoms with E-state index in [9.17, 15) is 18.8 Å². The van der Waals surface area contributed by atoms with E-state index in [1.54, 1.807) is 13.0 Å². The fourth-order valence-corrected chi connectivity index (χ4v) is 5.63. The SMILES string of the molecule is CCC[C@H]1CCCN1C(=O)c1cc(OC)cc(C(=O)N[C@@H](Cc2ccccc2)[C@@H](N)C[C@@H](C)C(=O)Nc2ccc(F)cc2)n1. The minimum absolute atomic E-state index is 0.0475. The molecule has 4 N–H and O–H groups in total. The zero-order chi connectivity index (χ0) is 31.6. The molecular formula is C34H42FN5O4. The summed E-state index contributed by atoms with van der Waals surface area (Å²) in [6.45, 7) is 4.51. The Hall–Kier alpha value is -4.31. The van der Waals surface area contributed by atoms with Crippen molar-refractivity contribution in [2.24, 2.45) is 11.7 Å². The fourth-order valence-electron chi connectivity index (χ4n) is 5.63. The number of hydrogen-bond donors (Lipinski definition) is 3.